The third-order valence-electron chi connectivity index (χ3n) is 2.48. The zero-order valence-corrected chi connectivity index (χ0v) is 9.69. The lowest BCUT2D eigenvalue weighted by atomic mass is 10.2. The lowest BCUT2D eigenvalue weighted by Gasteiger charge is -2.01. The third-order valence-corrected chi connectivity index (χ3v) is 2.48. The summed E-state index contributed by atoms with van der Waals surface area (Å²) in [6.07, 6.45) is 1.15. The molecule has 0 atom stereocenters. The summed E-state index contributed by atoms with van der Waals surface area (Å²) in [6.45, 7) is 0.592. The molecule has 2 aromatic rings. The molecule has 0 spiro atoms. The monoisotopic (exact) mass is 233 g/mol. The first-order valence-electron chi connectivity index (χ1n) is 5.53. The van der Waals surface area contributed by atoms with E-state index in [2.05, 4.69) is 15.5 Å². The van der Waals surface area contributed by atoms with Gasteiger partial charge in [-0.05, 0) is 18.6 Å². The number of para-hydroxylation sites is 1. The van der Waals surface area contributed by atoms with Gasteiger partial charge in [-0.3, -0.25) is 9.89 Å². The lowest BCUT2D eigenvalue weighted by Crippen LogP contribution is -2.12. The van der Waals surface area contributed by atoms with Crippen molar-refractivity contribution in [1.82, 2.24) is 10.2 Å². The molecular formula is C12H15N3O2. The molecule has 0 aliphatic heterocycles. The van der Waals surface area contributed by atoms with Gasteiger partial charge in [0.2, 0.25) is 5.91 Å². The van der Waals surface area contributed by atoms with Crippen molar-refractivity contribution in [2.75, 3.05) is 19.0 Å². The van der Waals surface area contributed by atoms with Crippen LogP contribution in [0.5, 0.6) is 0 Å². The number of aromatic amines is 1. The number of aromatic nitrogens is 2. The predicted molar refractivity (Wildman–Crippen MR) is 65.8 cm³/mol. The van der Waals surface area contributed by atoms with Crippen molar-refractivity contribution in [2.24, 2.45) is 0 Å². The average Bonchev–Trinajstić information content (AvgIpc) is 2.73. The van der Waals surface area contributed by atoms with Crippen LogP contribution in [0.3, 0.4) is 0 Å². The maximum Gasteiger partial charge on any atom is 0.225 e. The molecule has 0 saturated heterocycles. The van der Waals surface area contributed by atoms with Gasteiger partial charge >= 0.3 is 0 Å². The van der Waals surface area contributed by atoms with Crippen molar-refractivity contribution in [2.45, 2.75) is 12.8 Å². The van der Waals surface area contributed by atoms with E-state index < -0.39 is 0 Å². The van der Waals surface area contributed by atoms with Gasteiger partial charge in [-0.15, -0.1) is 0 Å². The van der Waals surface area contributed by atoms with Gasteiger partial charge in [-0.1, -0.05) is 12.1 Å². The van der Waals surface area contributed by atoms with Gasteiger partial charge in [0.25, 0.3) is 0 Å². The van der Waals surface area contributed by atoms with Crippen LogP contribution in [0.2, 0.25) is 0 Å². The molecule has 0 saturated carbocycles. The maximum absolute atomic E-state index is 11.6. The summed E-state index contributed by atoms with van der Waals surface area (Å²) in [5.41, 5.74) is 0.916. The molecule has 1 heterocycles. The fourth-order valence-corrected chi connectivity index (χ4v) is 1.63. The molecular weight excluding hydrogens is 218 g/mol. The number of benzene rings is 1. The van der Waals surface area contributed by atoms with Crippen molar-refractivity contribution in [3.05, 3.63) is 24.3 Å². The highest BCUT2D eigenvalue weighted by Gasteiger charge is 2.08. The molecule has 2 N–H and O–H groups in total. The Morgan fingerprint density at radius 1 is 1.47 bits per heavy atom. The van der Waals surface area contributed by atoms with Crippen molar-refractivity contribution >= 4 is 22.6 Å². The summed E-state index contributed by atoms with van der Waals surface area (Å²) < 4.78 is 4.90. The standard InChI is InChI=1S/C12H15N3O2/c1-17-8-4-7-11(16)13-12-9-5-2-3-6-10(9)14-15-12/h2-3,5-6H,4,7-8H2,1H3,(H2,13,14,15,16). The molecule has 5 heteroatoms. The quantitative estimate of drug-likeness (QED) is 0.775. The molecule has 0 fully saturated rings. The Labute approximate surface area is 99.2 Å². The summed E-state index contributed by atoms with van der Waals surface area (Å²) in [5.74, 6) is 0.544. The molecule has 0 aliphatic rings. The second-order valence-corrected chi connectivity index (χ2v) is 3.76. The molecule has 0 radical (unpaired) electrons. The second kappa shape index (κ2) is 5.45. The number of methoxy groups -OCH3 is 1. The number of anilines is 1. The van der Waals surface area contributed by atoms with E-state index in [1.807, 2.05) is 24.3 Å². The molecule has 1 aromatic carbocycles. The van der Waals surface area contributed by atoms with Crippen LogP contribution >= 0.6 is 0 Å². The molecule has 0 unspecified atom stereocenters. The highest BCUT2D eigenvalue weighted by molar-refractivity contribution is 5.99. The minimum Gasteiger partial charge on any atom is -0.385 e. The Bertz CT molecular complexity index is 507. The molecule has 1 amide bonds. The molecule has 90 valence electrons. The Morgan fingerprint density at radius 3 is 3.12 bits per heavy atom. The fourth-order valence-electron chi connectivity index (χ4n) is 1.63. The number of carbonyl (C=O) groups is 1. The van der Waals surface area contributed by atoms with Gasteiger partial charge in [-0.2, -0.15) is 5.10 Å². The van der Waals surface area contributed by atoms with E-state index in [1.54, 1.807) is 7.11 Å². The van der Waals surface area contributed by atoms with Gasteiger partial charge in [0.1, 0.15) is 0 Å². The Balaban J connectivity index is 2.01. The summed E-state index contributed by atoms with van der Waals surface area (Å²) in [6, 6.07) is 7.68. The number of fused-ring (bicyclic) bond motifs is 1. The molecule has 1 aromatic heterocycles. The van der Waals surface area contributed by atoms with E-state index in [9.17, 15) is 4.79 Å². The fraction of sp³-hybridized carbons (Fsp3) is 0.333. The van der Waals surface area contributed by atoms with Crippen LogP contribution < -0.4 is 5.32 Å². The first kappa shape index (κ1) is 11.6. The summed E-state index contributed by atoms with van der Waals surface area (Å²) in [5, 5.41) is 10.7. The normalized spacial score (nSPS) is 10.6. The van der Waals surface area contributed by atoms with Gasteiger partial charge < -0.3 is 10.1 Å². The predicted octanol–water partition coefficient (Wildman–Crippen LogP) is 1.93. The van der Waals surface area contributed by atoms with E-state index >= 15 is 0 Å². The second-order valence-electron chi connectivity index (χ2n) is 3.76. The van der Waals surface area contributed by atoms with Gasteiger partial charge in [0.15, 0.2) is 5.82 Å². The number of ether oxygens (including phenoxy) is 1. The summed E-state index contributed by atoms with van der Waals surface area (Å²) in [7, 11) is 1.62. The third kappa shape index (κ3) is 2.82. The van der Waals surface area contributed by atoms with Crippen LogP contribution in [-0.4, -0.2) is 29.8 Å². The molecule has 5 nitrogen and oxygen atoms in total. The van der Waals surface area contributed by atoms with Crippen LogP contribution in [-0.2, 0) is 9.53 Å². The lowest BCUT2D eigenvalue weighted by molar-refractivity contribution is -0.116. The molecule has 0 aliphatic carbocycles. The highest BCUT2D eigenvalue weighted by Crippen LogP contribution is 2.19. The minimum atomic E-state index is -0.0423. The number of hydrogen-bond donors (Lipinski definition) is 2. The number of amides is 1. The van der Waals surface area contributed by atoms with E-state index in [0.717, 1.165) is 10.9 Å². The zero-order valence-electron chi connectivity index (χ0n) is 9.69. The zero-order chi connectivity index (χ0) is 12.1. The topological polar surface area (TPSA) is 67.0 Å². The van der Waals surface area contributed by atoms with Gasteiger partial charge in [0, 0.05) is 25.5 Å². The largest absolute Gasteiger partial charge is 0.385 e. The summed E-state index contributed by atoms with van der Waals surface area (Å²) in [4.78, 5) is 11.6. The Morgan fingerprint density at radius 2 is 2.29 bits per heavy atom. The van der Waals surface area contributed by atoms with Crippen molar-refractivity contribution in [3.8, 4) is 0 Å². The minimum absolute atomic E-state index is 0.0423. The molecule has 2 rings (SSSR count). The van der Waals surface area contributed by atoms with Crippen LogP contribution in [0, 0.1) is 0 Å². The number of nitrogens with zero attached hydrogens (tertiary/aromatic N) is 1. The SMILES string of the molecule is COCCCC(=O)Nc1n[nH]c2ccccc12. The highest BCUT2D eigenvalue weighted by atomic mass is 16.5. The van der Waals surface area contributed by atoms with Crippen LogP contribution in [0.1, 0.15) is 12.8 Å². The first-order valence-corrected chi connectivity index (χ1v) is 5.53. The van der Waals surface area contributed by atoms with Crippen LogP contribution in [0.4, 0.5) is 5.82 Å². The Hall–Kier alpha value is -1.88. The number of H-pyrrole nitrogens is 1. The van der Waals surface area contributed by atoms with Gasteiger partial charge in [0.05, 0.1) is 5.52 Å². The van der Waals surface area contributed by atoms with E-state index in [-0.39, 0.29) is 5.91 Å². The van der Waals surface area contributed by atoms with Crippen molar-refractivity contribution in [3.63, 3.8) is 0 Å². The number of rotatable bonds is 5. The maximum atomic E-state index is 11.6. The molecule has 17 heavy (non-hydrogen) atoms. The van der Waals surface area contributed by atoms with Gasteiger partial charge in [-0.25, -0.2) is 0 Å². The molecule has 0 bridgehead atoms. The van der Waals surface area contributed by atoms with Crippen molar-refractivity contribution in [1.29, 1.82) is 0 Å². The first-order chi connectivity index (χ1) is 8.31. The number of hydrogen-bond acceptors (Lipinski definition) is 3. The van der Waals surface area contributed by atoms with E-state index in [0.29, 0.717) is 25.3 Å². The Kier molecular flexibility index (Phi) is 3.72. The number of carbonyl (C=O) groups excluding carboxylic acids is 1. The van der Waals surface area contributed by atoms with Crippen molar-refractivity contribution < 1.29 is 9.53 Å². The summed E-state index contributed by atoms with van der Waals surface area (Å²) >= 11 is 0. The van der Waals surface area contributed by atoms with E-state index in [1.165, 1.54) is 0 Å². The smallest absolute Gasteiger partial charge is 0.225 e. The number of nitrogens with one attached hydrogen (secondary N) is 2. The van der Waals surface area contributed by atoms with E-state index in [4.69, 9.17) is 4.74 Å². The average molecular weight is 233 g/mol. The van der Waals surface area contributed by atoms with Crippen LogP contribution in [0.25, 0.3) is 10.9 Å². The van der Waals surface area contributed by atoms with Crippen LogP contribution in [0.15, 0.2) is 24.3 Å².